The lowest BCUT2D eigenvalue weighted by atomic mass is 10.4. The van der Waals surface area contributed by atoms with Gasteiger partial charge in [-0.25, -0.2) is 4.98 Å². The Labute approximate surface area is 115 Å². The average molecular weight is 287 g/mol. The quantitative estimate of drug-likeness (QED) is 0.736. The van der Waals surface area contributed by atoms with Crippen molar-refractivity contribution < 1.29 is 19.1 Å². The van der Waals surface area contributed by atoms with Crippen molar-refractivity contribution in [3.8, 4) is 0 Å². The van der Waals surface area contributed by atoms with E-state index in [1.807, 2.05) is 0 Å². The van der Waals surface area contributed by atoms with E-state index in [0.29, 0.717) is 10.9 Å². The summed E-state index contributed by atoms with van der Waals surface area (Å²) >= 11 is 1.23. The molecule has 0 amide bonds. The zero-order valence-electron chi connectivity index (χ0n) is 10.9. The Morgan fingerprint density at radius 1 is 1.26 bits per heavy atom. The lowest BCUT2D eigenvalue weighted by molar-refractivity contribution is -0.142. The van der Waals surface area contributed by atoms with E-state index in [-0.39, 0.29) is 26.3 Å². The third-order valence-electron chi connectivity index (χ3n) is 2.08. The Hall–Kier alpha value is -1.83. The van der Waals surface area contributed by atoms with Crippen LogP contribution in [0, 0.1) is 0 Å². The van der Waals surface area contributed by atoms with Gasteiger partial charge in [-0.3, -0.25) is 9.59 Å². The molecule has 1 heterocycles. The third kappa shape index (κ3) is 5.12. The molecule has 1 aromatic rings. The predicted molar refractivity (Wildman–Crippen MR) is 72.0 cm³/mol. The van der Waals surface area contributed by atoms with Crippen molar-refractivity contribution in [2.45, 2.75) is 13.8 Å². The van der Waals surface area contributed by atoms with Crippen LogP contribution in [0.2, 0.25) is 0 Å². The van der Waals surface area contributed by atoms with Gasteiger partial charge in [0.15, 0.2) is 5.13 Å². The van der Waals surface area contributed by atoms with Crippen molar-refractivity contribution in [2.24, 2.45) is 0 Å². The van der Waals surface area contributed by atoms with Crippen LogP contribution in [-0.4, -0.2) is 43.2 Å². The first-order valence-electron chi connectivity index (χ1n) is 5.84. The third-order valence-corrected chi connectivity index (χ3v) is 2.75. The Morgan fingerprint density at radius 2 is 1.79 bits per heavy atom. The van der Waals surface area contributed by atoms with Crippen LogP contribution in [0.1, 0.15) is 13.8 Å². The molecule has 106 valence electrons. The van der Waals surface area contributed by atoms with Crippen molar-refractivity contribution in [3.63, 3.8) is 0 Å². The zero-order valence-corrected chi connectivity index (χ0v) is 11.7. The summed E-state index contributed by atoms with van der Waals surface area (Å²) in [6.45, 7) is 3.85. The van der Waals surface area contributed by atoms with Gasteiger partial charge in [0.05, 0.1) is 13.2 Å². The van der Waals surface area contributed by atoms with Crippen LogP contribution in [0.4, 0.5) is 10.9 Å². The largest absolute Gasteiger partial charge is 0.465 e. The van der Waals surface area contributed by atoms with Crippen LogP contribution in [0.15, 0.2) is 5.38 Å². The molecule has 19 heavy (non-hydrogen) atoms. The topological polar surface area (TPSA) is 94.8 Å². The molecule has 0 saturated heterocycles. The Morgan fingerprint density at radius 3 is 2.16 bits per heavy atom. The lowest BCUT2D eigenvalue weighted by Gasteiger charge is -2.19. The van der Waals surface area contributed by atoms with E-state index in [1.54, 1.807) is 19.2 Å². The van der Waals surface area contributed by atoms with Gasteiger partial charge >= 0.3 is 11.9 Å². The van der Waals surface area contributed by atoms with Crippen LogP contribution in [0.3, 0.4) is 0 Å². The number of nitrogens with zero attached hydrogens (tertiary/aromatic N) is 2. The molecule has 1 rings (SSSR count). The molecule has 0 fully saturated rings. The number of hydrogen-bond acceptors (Lipinski definition) is 8. The van der Waals surface area contributed by atoms with Gasteiger partial charge < -0.3 is 20.1 Å². The molecule has 0 atom stereocenters. The normalized spacial score (nSPS) is 10.0. The summed E-state index contributed by atoms with van der Waals surface area (Å²) < 4.78 is 9.71. The number of thiazole rings is 1. The van der Waals surface area contributed by atoms with Gasteiger partial charge in [0, 0.05) is 5.38 Å². The van der Waals surface area contributed by atoms with E-state index >= 15 is 0 Å². The lowest BCUT2D eigenvalue weighted by Crippen LogP contribution is -2.36. The summed E-state index contributed by atoms with van der Waals surface area (Å²) in [5.41, 5.74) is 5.54. The maximum Gasteiger partial charge on any atom is 0.325 e. The van der Waals surface area contributed by atoms with Gasteiger partial charge in [-0.2, -0.15) is 0 Å². The van der Waals surface area contributed by atoms with Gasteiger partial charge in [0.1, 0.15) is 18.9 Å². The second kappa shape index (κ2) is 7.57. The first-order chi connectivity index (χ1) is 9.06. The molecule has 0 aliphatic carbocycles. The van der Waals surface area contributed by atoms with E-state index in [9.17, 15) is 9.59 Å². The van der Waals surface area contributed by atoms with Crippen LogP contribution < -0.4 is 10.6 Å². The molecule has 1 aromatic heterocycles. The van der Waals surface area contributed by atoms with E-state index in [0.717, 1.165) is 0 Å². The van der Waals surface area contributed by atoms with Gasteiger partial charge in [-0.15, -0.1) is 11.3 Å². The summed E-state index contributed by atoms with van der Waals surface area (Å²) in [5.74, 6) is -0.402. The molecule has 7 nitrogen and oxygen atoms in total. The highest BCUT2D eigenvalue weighted by Gasteiger charge is 2.18. The molecule has 2 N–H and O–H groups in total. The van der Waals surface area contributed by atoms with Crippen LogP contribution in [-0.2, 0) is 19.1 Å². The minimum absolute atomic E-state index is 0.0736. The number of hydrogen-bond donors (Lipinski definition) is 1. The minimum atomic E-state index is -0.432. The monoisotopic (exact) mass is 287 g/mol. The SMILES string of the molecule is CCOC(=O)CN(CC(=O)OCC)c1csc(N)n1. The number of esters is 2. The number of carbonyl (C=O) groups excluding carboxylic acids is 2. The molecule has 0 bridgehead atoms. The van der Waals surface area contributed by atoms with E-state index in [4.69, 9.17) is 15.2 Å². The second-order valence-electron chi connectivity index (χ2n) is 3.51. The van der Waals surface area contributed by atoms with Gasteiger partial charge in [-0.05, 0) is 13.8 Å². The average Bonchev–Trinajstić information content (AvgIpc) is 2.75. The number of aromatic nitrogens is 1. The number of carbonyl (C=O) groups is 2. The Balaban J connectivity index is 2.73. The molecule has 0 radical (unpaired) electrons. The summed E-state index contributed by atoms with van der Waals surface area (Å²) in [7, 11) is 0. The molecular weight excluding hydrogens is 270 g/mol. The van der Waals surface area contributed by atoms with Crippen molar-refractivity contribution in [1.82, 2.24) is 4.98 Å². The summed E-state index contributed by atoms with van der Waals surface area (Å²) in [5, 5.41) is 2.04. The minimum Gasteiger partial charge on any atom is -0.465 e. The molecule has 0 saturated carbocycles. The molecular formula is C11H17N3O4S. The molecule has 0 aromatic carbocycles. The smallest absolute Gasteiger partial charge is 0.325 e. The Bertz CT molecular complexity index is 415. The molecule has 0 aliphatic heterocycles. The fraction of sp³-hybridized carbons (Fsp3) is 0.545. The van der Waals surface area contributed by atoms with E-state index < -0.39 is 11.9 Å². The summed E-state index contributed by atoms with van der Waals surface area (Å²) in [6.07, 6.45) is 0. The van der Waals surface area contributed by atoms with Crippen molar-refractivity contribution in [2.75, 3.05) is 36.9 Å². The molecule has 0 unspecified atom stereocenters. The van der Waals surface area contributed by atoms with E-state index in [2.05, 4.69) is 4.98 Å². The highest BCUT2D eigenvalue weighted by molar-refractivity contribution is 7.13. The predicted octanol–water partition coefficient (Wildman–Crippen LogP) is 0.658. The fourth-order valence-electron chi connectivity index (χ4n) is 1.37. The van der Waals surface area contributed by atoms with Crippen molar-refractivity contribution >= 4 is 34.2 Å². The number of nitrogens with two attached hydrogens (primary N) is 1. The first-order valence-corrected chi connectivity index (χ1v) is 6.72. The molecule has 0 spiro atoms. The van der Waals surface area contributed by atoms with Crippen molar-refractivity contribution in [1.29, 1.82) is 0 Å². The standard InChI is InChI=1S/C11H17N3O4S/c1-3-17-9(15)5-14(6-10(16)18-4-2)8-7-19-11(12)13-8/h7H,3-6H2,1-2H3,(H2,12,13). The number of ether oxygens (including phenoxy) is 2. The van der Waals surface area contributed by atoms with Gasteiger partial charge in [0.2, 0.25) is 0 Å². The van der Waals surface area contributed by atoms with Crippen LogP contribution >= 0.6 is 11.3 Å². The second-order valence-corrected chi connectivity index (χ2v) is 4.40. The summed E-state index contributed by atoms with van der Waals surface area (Å²) in [4.78, 5) is 28.5. The Kier molecular flexibility index (Phi) is 6.07. The van der Waals surface area contributed by atoms with E-state index in [1.165, 1.54) is 16.2 Å². The highest BCUT2D eigenvalue weighted by Crippen LogP contribution is 2.19. The molecule has 0 aliphatic rings. The number of anilines is 2. The maximum atomic E-state index is 11.5. The van der Waals surface area contributed by atoms with Crippen LogP contribution in [0.5, 0.6) is 0 Å². The fourth-order valence-corrected chi connectivity index (χ4v) is 1.94. The molecule has 8 heteroatoms. The van der Waals surface area contributed by atoms with Crippen molar-refractivity contribution in [3.05, 3.63) is 5.38 Å². The number of nitrogen functional groups attached to an aromatic ring is 1. The first kappa shape index (κ1) is 15.2. The van der Waals surface area contributed by atoms with Crippen LogP contribution in [0.25, 0.3) is 0 Å². The maximum absolute atomic E-state index is 11.5. The zero-order chi connectivity index (χ0) is 14.3. The highest BCUT2D eigenvalue weighted by atomic mass is 32.1. The summed E-state index contributed by atoms with van der Waals surface area (Å²) in [6, 6.07) is 0. The number of rotatable bonds is 7. The van der Waals surface area contributed by atoms with Gasteiger partial charge in [-0.1, -0.05) is 0 Å². The van der Waals surface area contributed by atoms with Gasteiger partial charge in [0.25, 0.3) is 0 Å².